The molecule has 0 aromatic heterocycles. The van der Waals surface area contributed by atoms with E-state index in [1.807, 2.05) is 0 Å². The average molecular weight is 628 g/mol. The van der Waals surface area contributed by atoms with Crippen LogP contribution in [0.4, 0.5) is 18.9 Å². The second kappa shape index (κ2) is 19.3. The minimum Gasteiger partial charge on any atom is -0.330 e. The molecule has 0 aliphatic rings. The molecule has 0 spiro atoms. The summed E-state index contributed by atoms with van der Waals surface area (Å²) in [5.74, 6) is -2.96. The molecule has 0 radical (unpaired) electrons. The molecule has 5 nitrogen and oxygen atoms in total. The molecule has 0 saturated heterocycles. The molecule has 0 aliphatic heterocycles. The predicted octanol–water partition coefficient (Wildman–Crippen LogP) is 8.59. The first-order chi connectivity index (χ1) is 20.1. The van der Waals surface area contributed by atoms with Crippen LogP contribution in [0.2, 0.25) is 5.02 Å². The van der Waals surface area contributed by atoms with E-state index < -0.39 is 24.1 Å². The number of hydrogen-bond acceptors (Lipinski definition) is 5. The molecule has 2 aromatic carbocycles. The highest BCUT2D eigenvalue weighted by atomic mass is 35.5. The summed E-state index contributed by atoms with van der Waals surface area (Å²) in [5.41, 5.74) is 1.89. The van der Waals surface area contributed by atoms with E-state index in [1.54, 1.807) is 36.4 Å². The summed E-state index contributed by atoms with van der Waals surface area (Å²) in [6.45, 7) is 7.25. The summed E-state index contributed by atoms with van der Waals surface area (Å²) in [7, 11) is 0. The first-order valence-electron chi connectivity index (χ1n) is 14.7. The standard InChI is InChI=1S/C32H45ClF3N3O2S/c1-4-32(35,36)19-17-25(24-12-14-26(33)15-13-24)22-31(40)39-30-10-6-9-29(34)28(30)16-11-23(3)38-20-18-27(37-5-2)8-7-21-42-41/h6,9-10,12-15,17,23,27,37-38,41H,4-5,7-8,11,16,18-22H2,1-3H3,(H,39,40)/b25-17+. The Kier molecular flexibility index (Phi) is 16.6. The maximum atomic E-state index is 14.9. The van der Waals surface area contributed by atoms with Crippen molar-refractivity contribution in [3.63, 3.8) is 0 Å². The van der Waals surface area contributed by atoms with Crippen molar-refractivity contribution in [1.29, 1.82) is 0 Å². The van der Waals surface area contributed by atoms with Crippen molar-refractivity contribution in [2.24, 2.45) is 0 Å². The molecule has 10 heteroatoms. The number of rotatable bonds is 20. The number of carbonyl (C=O) groups is 1. The van der Waals surface area contributed by atoms with Gasteiger partial charge in [-0.05, 0) is 99.6 Å². The number of nitrogens with one attached hydrogen (secondary N) is 3. The van der Waals surface area contributed by atoms with E-state index in [-0.39, 0.29) is 18.9 Å². The van der Waals surface area contributed by atoms with Gasteiger partial charge in [0.1, 0.15) is 5.82 Å². The monoisotopic (exact) mass is 627 g/mol. The van der Waals surface area contributed by atoms with Crippen LogP contribution in [0.15, 0.2) is 48.5 Å². The Labute approximate surface area is 258 Å². The van der Waals surface area contributed by atoms with Crippen molar-refractivity contribution in [1.82, 2.24) is 10.6 Å². The van der Waals surface area contributed by atoms with Crippen molar-refractivity contribution < 1.29 is 22.5 Å². The van der Waals surface area contributed by atoms with Crippen molar-refractivity contribution in [2.75, 3.05) is 24.2 Å². The van der Waals surface area contributed by atoms with Gasteiger partial charge in [0.2, 0.25) is 5.91 Å². The van der Waals surface area contributed by atoms with E-state index in [0.717, 1.165) is 50.1 Å². The third-order valence-electron chi connectivity index (χ3n) is 7.22. The molecule has 42 heavy (non-hydrogen) atoms. The van der Waals surface area contributed by atoms with E-state index in [0.29, 0.717) is 46.3 Å². The SMILES string of the molecule is CCNC(CCCSO)CCNC(C)CCc1c(F)cccc1NC(=O)C/C(=C\CC(F)(F)CC)c1ccc(Cl)cc1. The zero-order valence-electron chi connectivity index (χ0n) is 24.8. The van der Waals surface area contributed by atoms with Crippen molar-refractivity contribution in [2.45, 2.75) is 90.1 Å². The smallest absolute Gasteiger partial charge is 0.251 e. The van der Waals surface area contributed by atoms with Crippen LogP contribution in [0.25, 0.3) is 5.57 Å². The Bertz CT molecular complexity index is 1120. The number of amides is 1. The van der Waals surface area contributed by atoms with Gasteiger partial charge in [-0.1, -0.05) is 49.7 Å². The summed E-state index contributed by atoms with van der Waals surface area (Å²) in [4.78, 5) is 13.1. The van der Waals surface area contributed by atoms with Gasteiger partial charge in [-0.15, -0.1) is 0 Å². The molecule has 2 aromatic rings. The summed E-state index contributed by atoms with van der Waals surface area (Å²) in [6.07, 6.45) is 4.44. The molecule has 2 rings (SSSR count). The van der Waals surface area contributed by atoms with Gasteiger partial charge in [-0.25, -0.2) is 13.2 Å². The number of alkyl halides is 2. The van der Waals surface area contributed by atoms with Gasteiger partial charge >= 0.3 is 0 Å². The minimum atomic E-state index is -2.87. The fraction of sp³-hybridized carbons (Fsp3) is 0.531. The van der Waals surface area contributed by atoms with Gasteiger partial charge in [0, 0.05) is 47.0 Å². The highest BCUT2D eigenvalue weighted by Crippen LogP contribution is 2.29. The Morgan fingerprint density at radius 1 is 1.10 bits per heavy atom. The third-order valence-corrected chi connectivity index (χ3v) is 7.94. The summed E-state index contributed by atoms with van der Waals surface area (Å²) in [5, 5.41) is 10.3. The molecule has 234 valence electrons. The number of benzene rings is 2. The molecule has 0 fully saturated rings. The predicted molar refractivity (Wildman–Crippen MR) is 171 cm³/mol. The molecule has 4 N–H and O–H groups in total. The maximum absolute atomic E-state index is 14.9. The zero-order valence-corrected chi connectivity index (χ0v) is 26.4. The largest absolute Gasteiger partial charge is 0.330 e. The second-order valence-electron chi connectivity index (χ2n) is 10.6. The zero-order chi connectivity index (χ0) is 31.0. The number of allylic oxidation sites excluding steroid dienone is 1. The van der Waals surface area contributed by atoms with Gasteiger partial charge in [0.15, 0.2) is 0 Å². The van der Waals surface area contributed by atoms with Crippen molar-refractivity contribution >= 4 is 40.8 Å². The van der Waals surface area contributed by atoms with Crippen LogP contribution in [0.3, 0.4) is 0 Å². The first kappa shape index (κ1) is 36.2. The first-order valence-corrected chi connectivity index (χ1v) is 16.0. The average Bonchev–Trinajstić information content (AvgIpc) is 2.95. The van der Waals surface area contributed by atoms with Gasteiger partial charge in [-0.2, -0.15) is 0 Å². The topological polar surface area (TPSA) is 73.4 Å². The van der Waals surface area contributed by atoms with Crippen LogP contribution in [-0.4, -0.2) is 47.3 Å². The van der Waals surface area contributed by atoms with E-state index in [9.17, 15) is 18.0 Å². The molecule has 0 heterocycles. The van der Waals surface area contributed by atoms with E-state index in [4.69, 9.17) is 16.2 Å². The van der Waals surface area contributed by atoms with Crippen molar-refractivity contribution in [3.8, 4) is 0 Å². The number of halogens is 4. The maximum Gasteiger partial charge on any atom is 0.251 e. The Morgan fingerprint density at radius 2 is 1.83 bits per heavy atom. The molecular formula is C32H45ClF3N3O2S. The van der Waals surface area contributed by atoms with Crippen LogP contribution < -0.4 is 16.0 Å². The quantitative estimate of drug-likeness (QED) is 0.0874. The van der Waals surface area contributed by atoms with Crippen LogP contribution in [0.1, 0.15) is 76.8 Å². The third kappa shape index (κ3) is 13.5. The summed E-state index contributed by atoms with van der Waals surface area (Å²) < 4.78 is 51.9. The van der Waals surface area contributed by atoms with Gasteiger partial charge in [0.25, 0.3) is 5.92 Å². The van der Waals surface area contributed by atoms with Gasteiger partial charge < -0.3 is 20.5 Å². The lowest BCUT2D eigenvalue weighted by molar-refractivity contribution is -0.115. The molecular weight excluding hydrogens is 583 g/mol. The molecule has 0 aliphatic carbocycles. The highest BCUT2D eigenvalue weighted by Gasteiger charge is 2.25. The molecule has 1 amide bonds. The minimum absolute atomic E-state index is 0.128. The number of carbonyl (C=O) groups excluding carboxylic acids is 1. The Morgan fingerprint density at radius 3 is 2.50 bits per heavy atom. The molecule has 0 bridgehead atoms. The number of anilines is 1. The van der Waals surface area contributed by atoms with Crippen LogP contribution >= 0.6 is 23.6 Å². The summed E-state index contributed by atoms with van der Waals surface area (Å²) >= 11 is 6.87. The van der Waals surface area contributed by atoms with Crippen LogP contribution in [0, 0.1) is 5.82 Å². The Hall–Kier alpha value is -2.04. The fourth-order valence-corrected chi connectivity index (χ4v) is 5.09. The van der Waals surface area contributed by atoms with Crippen LogP contribution in [0.5, 0.6) is 0 Å². The van der Waals surface area contributed by atoms with Gasteiger partial charge in [-0.3, -0.25) is 4.79 Å². The number of hydrogen-bond donors (Lipinski definition) is 4. The Balaban J connectivity index is 2.02. The second-order valence-corrected chi connectivity index (χ2v) is 11.7. The van der Waals surface area contributed by atoms with E-state index in [1.165, 1.54) is 19.1 Å². The van der Waals surface area contributed by atoms with Gasteiger partial charge in [0.05, 0.1) is 6.42 Å². The molecule has 2 unspecified atom stereocenters. The lowest BCUT2D eigenvalue weighted by Crippen LogP contribution is -2.35. The van der Waals surface area contributed by atoms with E-state index in [2.05, 4.69) is 29.8 Å². The highest BCUT2D eigenvalue weighted by molar-refractivity contribution is 7.93. The fourth-order valence-electron chi connectivity index (χ4n) is 4.67. The lowest BCUT2D eigenvalue weighted by Gasteiger charge is -2.20. The van der Waals surface area contributed by atoms with Crippen molar-refractivity contribution in [3.05, 3.63) is 70.5 Å². The molecule has 0 saturated carbocycles. The van der Waals surface area contributed by atoms with Crippen LogP contribution in [-0.2, 0) is 11.2 Å². The lowest BCUT2D eigenvalue weighted by atomic mass is 9.99. The van der Waals surface area contributed by atoms with E-state index >= 15 is 0 Å². The normalized spacial score (nSPS) is 13.7. The molecule has 2 atom stereocenters. The summed E-state index contributed by atoms with van der Waals surface area (Å²) in [6, 6.07) is 11.8.